The lowest BCUT2D eigenvalue weighted by Gasteiger charge is -2.34. The average Bonchev–Trinajstić information content (AvgIpc) is 3.20. The molecule has 1 aliphatic heterocycles. The zero-order valence-electron chi connectivity index (χ0n) is 13.4. The molecule has 1 fully saturated rings. The molecule has 1 saturated heterocycles. The minimum Gasteiger partial charge on any atom is -0.345 e. The van der Waals surface area contributed by atoms with Crippen molar-refractivity contribution in [1.82, 2.24) is 9.88 Å². The Morgan fingerprint density at radius 3 is 2.65 bits per heavy atom. The minimum atomic E-state index is 0.222. The number of hydrogen-bond acceptors (Lipinski definition) is 5. The first kappa shape index (κ1) is 15.1. The van der Waals surface area contributed by atoms with Crippen molar-refractivity contribution in [2.75, 3.05) is 31.1 Å². The summed E-state index contributed by atoms with van der Waals surface area (Å²) in [6.45, 7) is 5.37. The van der Waals surface area contributed by atoms with Gasteiger partial charge >= 0.3 is 0 Å². The Bertz CT molecular complexity index is 690. The molecule has 0 N–H and O–H groups in total. The molecule has 3 heterocycles. The molecule has 0 bridgehead atoms. The van der Waals surface area contributed by atoms with Crippen LogP contribution in [0.15, 0.2) is 11.4 Å². The summed E-state index contributed by atoms with van der Waals surface area (Å²) in [6.07, 6.45) is 4.84. The lowest BCUT2D eigenvalue weighted by molar-refractivity contribution is 0.0751. The summed E-state index contributed by atoms with van der Waals surface area (Å²) >= 11 is 3.42. The molecular weight excluding hydrogens is 326 g/mol. The highest BCUT2D eigenvalue weighted by Crippen LogP contribution is 2.30. The van der Waals surface area contributed by atoms with Gasteiger partial charge in [0.1, 0.15) is 0 Å². The van der Waals surface area contributed by atoms with Crippen LogP contribution in [-0.4, -0.2) is 42.0 Å². The van der Waals surface area contributed by atoms with Gasteiger partial charge in [0.15, 0.2) is 5.13 Å². The first-order valence-corrected chi connectivity index (χ1v) is 9.98. The molecule has 0 saturated carbocycles. The first-order valence-electron chi connectivity index (χ1n) is 8.28. The van der Waals surface area contributed by atoms with Crippen molar-refractivity contribution in [3.05, 3.63) is 32.5 Å². The molecule has 0 radical (unpaired) electrons. The van der Waals surface area contributed by atoms with Crippen LogP contribution < -0.4 is 4.90 Å². The summed E-state index contributed by atoms with van der Waals surface area (Å²) in [5.41, 5.74) is 2.49. The standard InChI is InChI=1S/C17H21N3OS2/c1-12-11-22-17(18-12)20-8-6-19(7-9-20)16(21)15-10-13-4-2-3-5-14(13)23-15/h10-11H,2-9H2,1H3. The fraction of sp³-hybridized carbons (Fsp3) is 0.529. The number of hydrogen-bond donors (Lipinski definition) is 0. The van der Waals surface area contributed by atoms with Gasteiger partial charge in [0, 0.05) is 36.4 Å². The second-order valence-electron chi connectivity index (χ2n) is 6.32. The van der Waals surface area contributed by atoms with E-state index in [1.54, 1.807) is 22.7 Å². The van der Waals surface area contributed by atoms with Crippen molar-refractivity contribution < 1.29 is 4.79 Å². The van der Waals surface area contributed by atoms with E-state index in [-0.39, 0.29) is 5.91 Å². The number of fused-ring (bicyclic) bond motifs is 1. The number of amides is 1. The smallest absolute Gasteiger partial charge is 0.264 e. The van der Waals surface area contributed by atoms with Gasteiger partial charge < -0.3 is 9.80 Å². The molecule has 0 unspecified atom stereocenters. The molecule has 0 aromatic carbocycles. The van der Waals surface area contributed by atoms with Gasteiger partial charge in [-0.25, -0.2) is 4.98 Å². The zero-order chi connectivity index (χ0) is 15.8. The molecule has 1 aliphatic carbocycles. The van der Waals surface area contributed by atoms with Crippen molar-refractivity contribution >= 4 is 33.7 Å². The molecule has 2 aromatic heterocycles. The third kappa shape index (κ3) is 3.02. The van der Waals surface area contributed by atoms with Gasteiger partial charge in [-0.2, -0.15) is 0 Å². The van der Waals surface area contributed by atoms with Crippen LogP contribution in [0.1, 0.15) is 38.6 Å². The van der Waals surface area contributed by atoms with Crippen molar-refractivity contribution in [2.45, 2.75) is 32.6 Å². The van der Waals surface area contributed by atoms with E-state index in [0.29, 0.717) is 0 Å². The maximum atomic E-state index is 12.8. The van der Waals surface area contributed by atoms with Gasteiger partial charge in [0.05, 0.1) is 10.6 Å². The van der Waals surface area contributed by atoms with E-state index in [1.165, 1.54) is 23.3 Å². The second kappa shape index (κ2) is 6.24. The average molecular weight is 348 g/mol. The van der Waals surface area contributed by atoms with Crippen molar-refractivity contribution in [3.63, 3.8) is 0 Å². The second-order valence-corrected chi connectivity index (χ2v) is 8.29. The summed E-state index contributed by atoms with van der Waals surface area (Å²) in [7, 11) is 0. The summed E-state index contributed by atoms with van der Waals surface area (Å²) < 4.78 is 0. The molecule has 0 spiro atoms. The highest BCUT2D eigenvalue weighted by Gasteiger charge is 2.26. The van der Waals surface area contributed by atoms with Crippen LogP contribution in [0.25, 0.3) is 0 Å². The van der Waals surface area contributed by atoms with Crippen molar-refractivity contribution in [3.8, 4) is 0 Å². The maximum Gasteiger partial charge on any atom is 0.264 e. The highest BCUT2D eigenvalue weighted by molar-refractivity contribution is 7.14. The molecule has 0 atom stereocenters. The molecular formula is C17H21N3OS2. The number of piperazine rings is 1. The zero-order valence-corrected chi connectivity index (χ0v) is 15.0. The predicted molar refractivity (Wildman–Crippen MR) is 95.9 cm³/mol. The molecule has 122 valence electrons. The quantitative estimate of drug-likeness (QED) is 0.836. The topological polar surface area (TPSA) is 36.4 Å². The lowest BCUT2D eigenvalue weighted by Crippen LogP contribution is -2.48. The summed E-state index contributed by atoms with van der Waals surface area (Å²) in [5.74, 6) is 0.222. The Labute approximate surface area is 144 Å². The van der Waals surface area contributed by atoms with E-state index >= 15 is 0 Å². The van der Waals surface area contributed by atoms with E-state index in [4.69, 9.17) is 0 Å². The van der Waals surface area contributed by atoms with Crippen LogP contribution in [0.3, 0.4) is 0 Å². The number of nitrogens with zero attached hydrogens (tertiary/aromatic N) is 3. The maximum absolute atomic E-state index is 12.8. The molecule has 4 rings (SSSR count). The van der Waals surface area contributed by atoms with Crippen LogP contribution in [0.2, 0.25) is 0 Å². The number of rotatable bonds is 2. The number of anilines is 1. The van der Waals surface area contributed by atoms with Gasteiger partial charge in [-0.05, 0) is 44.2 Å². The van der Waals surface area contributed by atoms with Gasteiger partial charge in [-0.15, -0.1) is 22.7 Å². The molecule has 4 nitrogen and oxygen atoms in total. The predicted octanol–water partition coefficient (Wildman–Crippen LogP) is 3.35. The number of aryl methyl sites for hydroxylation is 3. The monoisotopic (exact) mass is 347 g/mol. The Hall–Kier alpha value is -1.40. The van der Waals surface area contributed by atoms with Gasteiger partial charge in [-0.1, -0.05) is 0 Å². The Morgan fingerprint density at radius 1 is 1.17 bits per heavy atom. The molecule has 1 amide bonds. The van der Waals surface area contributed by atoms with Crippen LogP contribution in [0.5, 0.6) is 0 Å². The Balaban J connectivity index is 1.41. The largest absolute Gasteiger partial charge is 0.345 e. The number of aromatic nitrogens is 1. The molecule has 23 heavy (non-hydrogen) atoms. The number of thiazole rings is 1. The van der Waals surface area contributed by atoms with Gasteiger partial charge in [-0.3, -0.25) is 4.79 Å². The highest BCUT2D eigenvalue weighted by atomic mass is 32.1. The molecule has 2 aromatic rings. The van der Waals surface area contributed by atoms with E-state index in [0.717, 1.165) is 54.7 Å². The normalized spacial score (nSPS) is 18.1. The third-order valence-electron chi connectivity index (χ3n) is 4.65. The first-order chi connectivity index (χ1) is 11.2. The Kier molecular flexibility index (Phi) is 4.11. The summed E-state index contributed by atoms with van der Waals surface area (Å²) in [5, 5.41) is 3.17. The van der Waals surface area contributed by atoms with Crippen LogP contribution in [0, 0.1) is 6.92 Å². The fourth-order valence-corrected chi connectivity index (χ4v) is 5.42. The molecule has 2 aliphatic rings. The molecule has 6 heteroatoms. The van der Waals surface area contributed by atoms with Crippen LogP contribution >= 0.6 is 22.7 Å². The summed E-state index contributed by atoms with van der Waals surface area (Å²) in [6, 6.07) is 2.15. The fourth-order valence-electron chi connectivity index (χ4n) is 3.34. The van der Waals surface area contributed by atoms with Gasteiger partial charge in [0.2, 0.25) is 0 Å². The van der Waals surface area contributed by atoms with E-state index in [2.05, 4.69) is 21.3 Å². The lowest BCUT2D eigenvalue weighted by atomic mass is 9.99. The third-order valence-corrected chi connectivity index (χ3v) is 6.90. The van der Waals surface area contributed by atoms with Crippen molar-refractivity contribution in [2.24, 2.45) is 0 Å². The summed E-state index contributed by atoms with van der Waals surface area (Å²) in [4.78, 5) is 24.0. The number of carbonyl (C=O) groups excluding carboxylic acids is 1. The number of carbonyl (C=O) groups is 1. The SMILES string of the molecule is Cc1csc(N2CCN(C(=O)c3cc4c(s3)CCCC4)CC2)n1. The van der Waals surface area contributed by atoms with E-state index in [1.807, 2.05) is 11.8 Å². The number of thiophene rings is 1. The van der Waals surface area contributed by atoms with E-state index < -0.39 is 0 Å². The van der Waals surface area contributed by atoms with Crippen LogP contribution in [0.4, 0.5) is 5.13 Å². The minimum absolute atomic E-state index is 0.222. The van der Waals surface area contributed by atoms with Gasteiger partial charge in [0.25, 0.3) is 5.91 Å². The van der Waals surface area contributed by atoms with E-state index in [9.17, 15) is 4.79 Å². The van der Waals surface area contributed by atoms with Crippen LogP contribution in [-0.2, 0) is 12.8 Å². The van der Waals surface area contributed by atoms with Crippen molar-refractivity contribution in [1.29, 1.82) is 0 Å². The Morgan fingerprint density at radius 2 is 1.96 bits per heavy atom.